The number of imide groups is 1. The maximum Gasteiger partial charge on any atom is 0.269 e. The first-order valence-corrected chi connectivity index (χ1v) is 11.9. The molecular weight excluding hydrogens is 462 g/mol. The molecule has 0 saturated carbocycles. The molecule has 0 aromatic heterocycles. The predicted molar refractivity (Wildman–Crippen MR) is 132 cm³/mol. The smallest absolute Gasteiger partial charge is 0.269 e. The number of ether oxygens (including phenoxy) is 1. The van der Waals surface area contributed by atoms with Crippen molar-refractivity contribution in [1.82, 2.24) is 0 Å². The first-order chi connectivity index (χ1) is 17.5. The van der Waals surface area contributed by atoms with Gasteiger partial charge in [-0.3, -0.25) is 24.5 Å². The quantitative estimate of drug-likeness (QED) is 0.194. The second-order valence-electron chi connectivity index (χ2n) is 8.72. The van der Waals surface area contributed by atoms with Crippen LogP contribution in [-0.2, 0) is 14.4 Å². The maximum absolute atomic E-state index is 13.7. The van der Waals surface area contributed by atoms with Crippen LogP contribution in [0.15, 0.2) is 78.9 Å². The van der Waals surface area contributed by atoms with Gasteiger partial charge in [0.05, 0.1) is 28.9 Å². The largest absolute Gasteiger partial charge is 0.494 e. The topological polar surface area (TPSA) is 102 Å². The Balaban J connectivity index is 1.49. The zero-order valence-electron chi connectivity index (χ0n) is 19.7. The third-order valence-electron chi connectivity index (χ3n) is 6.41. The van der Waals surface area contributed by atoms with Crippen LogP contribution in [0.3, 0.4) is 0 Å². The highest BCUT2D eigenvalue weighted by molar-refractivity contribution is 6.23. The second kappa shape index (κ2) is 9.79. The van der Waals surface area contributed by atoms with E-state index >= 15 is 0 Å². The lowest BCUT2D eigenvalue weighted by atomic mass is 9.90. The molecule has 36 heavy (non-hydrogen) atoms. The van der Waals surface area contributed by atoms with Gasteiger partial charge in [0.15, 0.2) is 6.10 Å². The zero-order chi connectivity index (χ0) is 25.2. The van der Waals surface area contributed by atoms with Crippen molar-refractivity contribution >= 4 is 28.9 Å². The Labute approximate surface area is 207 Å². The molecule has 3 aromatic carbocycles. The van der Waals surface area contributed by atoms with E-state index in [1.807, 2.05) is 18.2 Å². The van der Waals surface area contributed by atoms with E-state index in [2.05, 4.69) is 6.92 Å². The van der Waals surface area contributed by atoms with Gasteiger partial charge in [-0.1, -0.05) is 43.7 Å². The normalized spacial score (nSPS) is 21.1. The Morgan fingerprint density at radius 3 is 2.39 bits per heavy atom. The van der Waals surface area contributed by atoms with Crippen molar-refractivity contribution in [3.05, 3.63) is 94.5 Å². The number of para-hydroxylation sites is 1. The monoisotopic (exact) mass is 487 g/mol. The summed E-state index contributed by atoms with van der Waals surface area (Å²) in [7, 11) is 0. The van der Waals surface area contributed by atoms with Gasteiger partial charge in [-0.05, 0) is 48.4 Å². The van der Waals surface area contributed by atoms with Crippen LogP contribution >= 0.6 is 0 Å². The number of hydrogen-bond donors (Lipinski definition) is 0. The van der Waals surface area contributed by atoms with E-state index in [-0.39, 0.29) is 5.69 Å². The van der Waals surface area contributed by atoms with Gasteiger partial charge in [-0.25, -0.2) is 9.96 Å². The Morgan fingerprint density at radius 1 is 0.944 bits per heavy atom. The summed E-state index contributed by atoms with van der Waals surface area (Å²) in [6.07, 6.45) is 0.897. The highest BCUT2D eigenvalue weighted by Crippen LogP contribution is 2.48. The van der Waals surface area contributed by atoms with Gasteiger partial charge in [0.1, 0.15) is 11.7 Å². The van der Waals surface area contributed by atoms with Crippen LogP contribution in [-0.4, -0.2) is 29.4 Å². The summed E-state index contributed by atoms with van der Waals surface area (Å²) in [5, 5.41) is 13.0. The van der Waals surface area contributed by atoms with Crippen LogP contribution in [0.1, 0.15) is 31.4 Å². The molecule has 2 aliphatic heterocycles. The Bertz CT molecular complexity index is 1280. The molecule has 2 fully saturated rings. The molecular formula is C27H25N3O6. The fraction of sp³-hybridized carbons (Fsp3) is 0.259. The average Bonchev–Trinajstić information content (AvgIpc) is 3.41. The summed E-state index contributed by atoms with van der Waals surface area (Å²) in [5.74, 6) is -1.11. The van der Waals surface area contributed by atoms with E-state index < -0.39 is 34.8 Å². The Kier molecular flexibility index (Phi) is 6.39. The lowest BCUT2D eigenvalue weighted by Crippen LogP contribution is -2.37. The van der Waals surface area contributed by atoms with Gasteiger partial charge in [0, 0.05) is 12.1 Å². The van der Waals surface area contributed by atoms with Crippen molar-refractivity contribution in [3.63, 3.8) is 0 Å². The van der Waals surface area contributed by atoms with Crippen molar-refractivity contribution in [1.29, 1.82) is 0 Å². The van der Waals surface area contributed by atoms with Crippen molar-refractivity contribution in [3.8, 4) is 5.75 Å². The number of hydrogen-bond acceptors (Lipinski definition) is 7. The molecule has 0 unspecified atom stereocenters. The second-order valence-corrected chi connectivity index (χ2v) is 8.72. The molecule has 0 spiro atoms. The number of fused-ring (bicyclic) bond motifs is 1. The molecule has 9 nitrogen and oxygen atoms in total. The molecule has 9 heteroatoms. The van der Waals surface area contributed by atoms with E-state index in [9.17, 15) is 19.7 Å². The molecule has 184 valence electrons. The van der Waals surface area contributed by atoms with Crippen molar-refractivity contribution in [2.24, 2.45) is 5.92 Å². The van der Waals surface area contributed by atoms with E-state index in [0.29, 0.717) is 29.3 Å². The molecule has 0 N–H and O–H groups in total. The minimum absolute atomic E-state index is 0.101. The number of carbonyl (C=O) groups is 2. The number of nitro groups is 1. The number of non-ortho nitro benzene ring substituents is 1. The van der Waals surface area contributed by atoms with E-state index in [1.165, 1.54) is 17.2 Å². The van der Waals surface area contributed by atoms with Crippen LogP contribution in [0.5, 0.6) is 5.75 Å². The summed E-state index contributed by atoms with van der Waals surface area (Å²) < 4.78 is 5.69. The van der Waals surface area contributed by atoms with E-state index in [0.717, 1.165) is 17.7 Å². The lowest BCUT2D eigenvalue weighted by molar-refractivity contribution is -0.384. The summed E-state index contributed by atoms with van der Waals surface area (Å²) >= 11 is 0. The summed E-state index contributed by atoms with van der Waals surface area (Å²) in [5.41, 5.74) is 1.48. The molecule has 5 rings (SSSR count). The molecule has 0 bridgehead atoms. The summed E-state index contributed by atoms with van der Waals surface area (Å²) in [6, 6.07) is 21.3. The molecule has 2 amide bonds. The minimum atomic E-state index is -1.05. The molecule has 0 aliphatic carbocycles. The molecule has 3 aromatic rings. The molecule has 2 aliphatic rings. The first-order valence-electron chi connectivity index (χ1n) is 11.9. The average molecular weight is 488 g/mol. The van der Waals surface area contributed by atoms with Gasteiger partial charge in [-0.15, -0.1) is 0 Å². The number of amides is 2. The van der Waals surface area contributed by atoms with Crippen molar-refractivity contribution in [2.75, 3.05) is 16.6 Å². The third kappa shape index (κ3) is 4.18. The number of unbranched alkanes of at least 4 members (excludes halogenated alkanes) is 1. The fourth-order valence-electron chi connectivity index (χ4n) is 4.65. The van der Waals surface area contributed by atoms with Crippen LogP contribution < -0.4 is 14.7 Å². The fourth-order valence-corrected chi connectivity index (χ4v) is 4.65. The number of carbonyl (C=O) groups excluding carboxylic acids is 2. The standard InChI is InChI=1S/C27H25N3O6/c1-2-3-16-35-22-14-12-19(13-15-22)28-26(31)23-24(18-8-7-11-21(17-18)30(33)34)29(36-25(23)27(28)32)20-9-5-4-6-10-20/h4-15,17,23-25H,2-3,16H2,1H3/t23-,24+,25-/m1/s1. The van der Waals surface area contributed by atoms with Crippen LogP contribution in [0.25, 0.3) is 0 Å². The van der Waals surface area contributed by atoms with Gasteiger partial charge >= 0.3 is 0 Å². The van der Waals surface area contributed by atoms with E-state index in [4.69, 9.17) is 9.57 Å². The molecule has 2 heterocycles. The molecule has 3 atom stereocenters. The number of nitrogens with zero attached hydrogens (tertiary/aromatic N) is 3. The third-order valence-corrected chi connectivity index (χ3v) is 6.41. The van der Waals surface area contributed by atoms with Crippen LogP contribution in [0.2, 0.25) is 0 Å². The Morgan fingerprint density at radius 2 is 1.69 bits per heavy atom. The number of nitro benzene ring substituents is 1. The zero-order valence-corrected chi connectivity index (χ0v) is 19.7. The lowest BCUT2D eigenvalue weighted by Gasteiger charge is -2.28. The Hall–Kier alpha value is -4.24. The minimum Gasteiger partial charge on any atom is -0.494 e. The predicted octanol–water partition coefficient (Wildman–Crippen LogP) is 4.82. The SMILES string of the molecule is CCCCOc1ccc(N2C(=O)[C@H]3[C@@H](ON(c4ccccc4)[C@H]3c3cccc([N+](=O)[O-])c3)C2=O)cc1. The van der Waals surface area contributed by atoms with Gasteiger partial charge in [-0.2, -0.15) is 0 Å². The summed E-state index contributed by atoms with van der Waals surface area (Å²) in [6.45, 7) is 2.67. The van der Waals surface area contributed by atoms with Crippen LogP contribution in [0.4, 0.5) is 17.1 Å². The number of hydroxylamine groups is 1. The molecule has 2 saturated heterocycles. The van der Waals surface area contributed by atoms with Gasteiger partial charge in [0.2, 0.25) is 5.91 Å². The molecule has 0 radical (unpaired) electrons. The maximum atomic E-state index is 13.7. The number of benzene rings is 3. The van der Waals surface area contributed by atoms with Crippen molar-refractivity contribution in [2.45, 2.75) is 31.9 Å². The number of rotatable bonds is 8. The highest BCUT2D eigenvalue weighted by atomic mass is 16.7. The van der Waals surface area contributed by atoms with Gasteiger partial charge in [0.25, 0.3) is 11.6 Å². The van der Waals surface area contributed by atoms with Crippen LogP contribution in [0, 0.1) is 16.0 Å². The van der Waals surface area contributed by atoms with Gasteiger partial charge < -0.3 is 4.74 Å². The van der Waals surface area contributed by atoms with E-state index in [1.54, 1.807) is 48.5 Å². The van der Waals surface area contributed by atoms with Crippen molar-refractivity contribution < 1.29 is 24.1 Å². The highest BCUT2D eigenvalue weighted by Gasteiger charge is 2.60. The first kappa shape index (κ1) is 23.5. The number of anilines is 2. The summed E-state index contributed by atoms with van der Waals surface area (Å²) in [4.78, 5) is 45.3.